The zero-order valence-corrected chi connectivity index (χ0v) is 16.4. The van der Waals surface area contributed by atoms with Crippen molar-refractivity contribution in [3.63, 3.8) is 0 Å². The Balaban J connectivity index is 1.47. The average Bonchev–Trinajstić information content (AvgIpc) is 3.17. The van der Waals surface area contributed by atoms with Crippen LogP contribution in [0.15, 0.2) is 59.0 Å². The van der Waals surface area contributed by atoms with Crippen molar-refractivity contribution in [2.75, 3.05) is 14.1 Å². The molecule has 0 fully saturated rings. The molecule has 2 N–H and O–H groups in total. The number of hydrogen-bond donors (Lipinski definition) is 2. The minimum atomic E-state index is -0.552. The Morgan fingerprint density at radius 1 is 0.897 bits per heavy atom. The van der Waals surface area contributed by atoms with Crippen molar-refractivity contribution in [1.82, 2.24) is 15.8 Å². The quantitative estimate of drug-likeness (QED) is 0.476. The first kappa shape index (κ1) is 20.3. The number of furan rings is 1. The maximum Gasteiger partial charge on any atom is 0.305 e. The molecule has 0 aliphatic carbocycles. The summed E-state index contributed by atoms with van der Waals surface area (Å²) in [6.07, 6.45) is 0.0176. The summed E-state index contributed by atoms with van der Waals surface area (Å²) >= 11 is 0. The summed E-state index contributed by atoms with van der Waals surface area (Å²) in [5.74, 6) is -0.379. The van der Waals surface area contributed by atoms with Crippen LogP contribution in [0.2, 0.25) is 0 Å². The minimum Gasteiger partial charge on any atom is -0.454 e. The van der Waals surface area contributed by atoms with Crippen molar-refractivity contribution in [2.24, 2.45) is 0 Å². The van der Waals surface area contributed by atoms with Gasteiger partial charge in [-0.2, -0.15) is 0 Å². The maximum absolute atomic E-state index is 12.4. The molecule has 1 aromatic heterocycles. The van der Waals surface area contributed by atoms with Crippen LogP contribution in [0.5, 0.6) is 0 Å². The first-order valence-electron chi connectivity index (χ1n) is 9.27. The fourth-order valence-corrected chi connectivity index (χ4v) is 2.88. The summed E-state index contributed by atoms with van der Waals surface area (Å²) in [5, 5.41) is 2.03. The first-order valence-corrected chi connectivity index (χ1v) is 9.27. The Kier molecular flexibility index (Phi) is 6.41. The number of amides is 2. The number of fused-ring (bicyclic) bond motifs is 1. The summed E-state index contributed by atoms with van der Waals surface area (Å²) < 4.78 is 5.42. The molecule has 150 valence electrons. The van der Waals surface area contributed by atoms with Crippen LogP contribution in [0, 0.1) is 0 Å². The number of hydrazine groups is 1. The Morgan fingerprint density at radius 2 is 1.66 bits per heavy atom. The predicted octanol–water partition coefficient (Wildman–Crippen LogP) is 2.92. The van der Waals surface area contributed by atoms with Gasteiger partial charge in [-0.1, -0.05) is 36.4 Å². The Hall–Kier alpha value is -3.45. The maximum atomic E-state index is 12.4. The molecule has 3 aromatic rings. The molecule has 2 aromatic carbocycles. The lowest BCUT2D eigenvalue weighted by molar-refractivity contribution is -0.121. The van der Waals surface area contributed by atoms with Crippen LogP contribution in [-0.2, 0) is 11.3 Å². The number of carbonyl (C=O) groups is 3. The number of Topliss-reactive ketones (excluding diaryl/α,β-unsaturated/α-hetero) is 1. The van der Waals surface area contributed by atoms with E-state index < -0.39 is 11.8 Å². The fraction of sp³-hybridized carbons (Fsp3) is 0.227. The van der Waals surface area contributed by atoms with E-state index in [1.54, 1.807) is 18.2 Å². The van der Waals surface area contributed by atoms with Crippen LogP contribution < -0.4 is 10.9 Å². The van der Waals surface area contributed by atoms with Gasteiger partial charge in [0.05, 0.1) is 6.54 Å². The second-order valence-electron chi connectivity index (χ2n) is 6.99. The molecule has 0 saturated heterocycles. The molecule has 0 atom stereocenters. The van der Waals surface area contributed by atoms with E-state index in [9.17, 15) is 14.4 Å². The van der Waals surface area contributed by atoms with Crippen molar-refractivity contribution in [1.29, 1.82) is 0 Å². The lowest BCUT2D eigenvalue weighted by Gasteiger charge is -2.07. The van der Waals surface area contributed by atoms with E-state index in [4.69, 9.17) is 4.42 Å². The van der Waals surface area contributed by atoms with Gasteiger partial charge in [0, 0.05) is 18.4 Å². The highest BCUT2D eigenvalue weighted by atomic mass is 16.4. The monoisotopic (exact) mass is 393 g/mol. The molecule has 0 unspecified atom stereocenters. The van der Waals surface area contributed by atoms with Crippen LogP contribution in [0.3, 0.4) is 0 Å². The van der Waals surface area contributed by atoms with Crippen molar-refractivity contribution in [2.45, 2.75) is 19.4 Å². The molecule has 0 bridgehead atoms. The second-order valence-corrected chi connectivity index (χ2v) is 6.99. The number of hydrogen-bond acceptors (Lipinski definition) is 5. The summed E-state index contributed by atoms with van der Waals surface area (Å²) in [4.78, 5) is 38.3. The highest BCUT2D eigenvalue weighted by Gasteiger charge is 2.14. The lowest BCUT2D eigenvalue weighted by Crippen LogP contribution is -2.41. The van der Waals surface area contributed by atoms with Gasteiger partial charge in [-0.3, -0.25) is 25.2 Å². The van der Waals surface area contributed by atoms with Gasteiger partial charge >= 0.3 is 5.91 Å². The summed E-state index contributed by atoms with van der Waals surface area (Å²) in [5.41, 5.74) is 5.16. The summed E-state index contributed by atoms with van der Waals surface area (Å²) in [6, 6.07) is 16.5. The molecular formula is C22H23N3O4. The smallest absolute Gasteiger partial charge is 0.305 e. The normalized spacial score (nSPS) is 10.9. The highest BCUT2D eigenvalue weighted by molar-refractivity contribution is 6.01. The molecule has 0 aliphatic rings. The van der Waals surface area contributed by atoms with Crippen LogP contribution in [-0.4, -0.2) is 36.6 Å². The van der Waals surface area contributed by atoms with Crippen molar-refractivity contribution in [3.8, 4) is 0 Å². The van der Waals surface area contributed by atoms with E-state index in [1.807, 2.05) is 55.4 Å². The van der Waals surface area contributed by atoms with Gasteiger partial charge in [-0.25, -0.2) is 0 Å². The van der Waals surface area contributed by atoms with Crippen molar-refractivity contribution < 1.29 is 18.8 Å². The largest absolute Gasteiger partial charge is 0.454 e. The highest BCUT2D eigenvalue weighted by Crippen LogP contribution is 2.17. The topological polar surface area (TPSA) is 91.7 Å². The molecule has 29 heavy (non-hydrogen) atoms. The number of rotatable bonds is 7. The Bertz CT molecular complexity index is 1040. The van der Waals surface area contributed by atoms with Gasteiger partial charge in [-0.05, 0) is 43.1 Å². The van der Waals surface area contributed by atoms with Gasteiger partial charge in [0.2, 0.25) is 5.91 Å². The van der Waals surface area contributed by atoms with Gasteiger partial charge < -0.3 is 9.32 Å². The van der Waals surface area contributed by atoms with Crippen molar-refractivity contribution >= 4 is 28.4 Å². The molecule has 2 amide bonds. The molecule has 0 saturated carbocycles. The molecular weight excluding hydrogens is 370 g/mol. The number of nitrogens with one attached hydrogen (secondary N) is 2. The molecule has 0 spiro atoms. The lowest BCUT2D eigenvalue weighted by atomic mass is 10.0. The van der Waals surface area contributed by atoms with Crippen LogP contribution >= 0.6 is 0 Å². The summed E-state index contributed by atoms with van der Waals surface area (Å²) in [7, 11) is 3.78. The van der Waals surface area contributed by atoms with Gasteiger partial charge in [0.1, 0.15) is 5.76 Å². The molecule has 0 radical (unpaired) electrons. The van der Waals surface area contributed by atoms with E-state index in [2.05, 4.69) is 10.9 Å². The van der Waals surface area contributed by atoms with Crippen LogP contribution in [0.1, 0.15) is 39.5 Å². The Labute approximate surface area is 168 Å². The number of nitrogens with zero attached hydrogens (tertiary/aromatic N) is 1. The average molecular weight is 393 g/mol. The Morgan fingerprint density at radius 3 is 2.41 bits per heavy atom. The number of ketones is 1. The zero-order chi connectivity index (χ0) is 20.8. The molecule has 7 heteroatoms. The number of carbonyl (C=O) groups excluding carboxylic acids is 3. The van der Waals surface area contributed by atoms with Crippen LogP contribution in [0.4, 0.5) is 0 Å². The van der Waals surface area contributed by atoms with Crippen molar-refractivity contribution in [3.05, 3.63) is 71.7 Å². The first-order chi connectivity index (χ1) is 13.9. The SMILES string of the molecule is CN(C)Cc1ccc(C(=O)NNC(=O)CCC(=O)c2ccc3ccccc3c2)o1. The van der Waals surface area contributed by atoms with E-state index in [0.717, 1.165) is 10.8 Å². The predicted molar refractivity (Wildman–Crippen MR) is 109 cm³/mol. The molecule has 1 heterocycles. The fourth-order valence-electron chi connectivity index (χ4n) is 2.88. The van der Waals surface area contributed by atoms with E-state index in [-0.39, 0.29) is 24.4 Å². The van der Waals surface area contributed by atoms with E-state index >= 15 is 0 Å². The van der Waals surface area contributed by atoms with Gasteiger partial charge in [0.25, 0.3) is 0 Å². The van der Waals surface area contributed by atoms with E-state index in [1.165, 1.54) is 0 Å². The third-order valence-corrected chi connectivity index (χ3v) is 4.32. The molecule has 0 aliphatic heterocycles. The van der Waals surface area contributed by atoms with Gasteiger partial charge in [0.15, 0.2) is 11.5 Å². The van der Waals surface area contributed by atoms with Crippen LogP contribution in [0.25, 0.3) is 10.8 Å². The third-order valence-electron chi connectivity index (χ3n) is 4.32. The molecule has 7 nitrogen and oxygen atoms in total. The zero-order valence-electron chi connectivity index (χ0n) is 16.4. The third kappa shape index (κ3) is 5.52. The number of benzene rings is 2. The molecule has 3 rings (SSSR count). The minimum absolute atomic E-state index is 0.0318. The van der Waals surface area contributed by atoms with E-state index in [0.29, 0.717) is 17.9 Å². The second kappa shape index (κ2) is 9.16. The van der Waals surface area contributed by atoms with Gasteiger partial charge in [-0.15, -0.1) is 0 Å². The standard InChI is InChI=1S/C22H23N3O4/c1-25(2)14-18-9-11-20(29-18)22(28)24-23-21(27)12-10-19(26)17-8-7-15-5-3-4-6-16(15)13-17/h3-9,11,13H,10,12,14H2,1-2H3,(H,23,27)(H,24,28). The summed E-state index contributed by atoms with van der Waals surface area (Å²) in [6.45, 7) is 0.566.